The van der Waals surface area contributed by atoms with E-state index in [9.17, 15) is 4.79 Å². The zero-order valence-electron chi connectivity index (χ0n) is 18.3. The number of carbonyl (C=O) groups is 1. The highest BCUT2D eigenvalue weighted by Crippen LogP contribution is 2.39. The van der Waals surface area contributed by atoms with Crippen LogP contribution in [0.15, 0.2) is 35.5 Å². The van der Waals surface area contributed by atoms with Gasteiger partial charge in [0, 0.05) is 29.0 Å². The molecule has 2 heterocycles. The number of thioether (sulfide) groups is 1. The van der Waals surface area contributed by atoms with Crippen molar-refractivity contribution in [2.45, 2.75) is 64.4 Å². The average Bonchev–Trinajstić information content (AvgIpc) is 3.41. The van der Waals surface area contributed by atoms with Gasteiger partial charge in [0.05, 0.1) is 10.8 Å². The molecule has 0 amide bonds. The molecule has 4 rings (SSSR count). The molecule has 1 aliphatic carbocycles. The maximum atomic E-state index is 12.9. The number of carbonyl (C=O) groups excluding carboxylic acids is 1. The summed E-state index contributed by atoms with van der Waals surface area (Å²) in [5, 5.41) is 10.0. The molecule has 0 atom stereocenters. The number of hydrogen-bond donors (Lipinski definition) is 0. The first-order chi connectivity index (χ1) is 14.9. The van der Waals surface area contributed by atoms with Crippen molar-refractivity contribution in [2.24, 2.45) is 0 Å². The summed E-state index contributed by atoms with van der Waals surface area (Å²) in [5.74, 6) is 1.83. The number of rotatable bonds is 9. The Morgan fingerprint density at radius 1 is 1.26 bits per heavy atom. The first kappa shape index (κ1) is 22.0. The van der Waals surface area contributed by atoms with E-state index in [0.717, 1.165) is 40.8 Å². The van der Waals surface area contributed by atoms with E-state index < -0.39 is 0 Å². The summed E-state index contributed by atoms with van der Waals surface area (Å²) in [7, 11) is 0. The molecule has 3 aromatic rings. The monoisotopic (exact) mass is 458 g/mol. The zero-order valence-corrected chi connectivity index (χ0v) is 19.8. The number of hydrogen-bond acceptors (Lipinski definition) is 5. The second kappa shape index (κ2) is 9.09. The number of nitrogens with zero attached hydrogens (tertiary/aromatic N) is 4. The lowest BCUT2D eigenvalue weighted by Gasteiger charge is -2.13. The predicted octanol–water partition coefficient (Wildman–Crippen LogP) is 5.82. The molecule has 1 aromatic carbocycles. The van der Waals surface area contributed by atoms with E-state index in [4.69, 9.17) is 16.3 Å². The Hall–Kier alpha value is -2.25. The van der Waals surface area contributed by atoms with Crippen LogP contribution in [0.4, 0.5) is 0 Å². The molecule has 0 saturated heterocycles. The number of para-hydroxylation sites is 1. The van der Waals surface area contributed by atoms with Gasteiger partial charge < -0.3 is 9.30 Å². The molecule has 2 aromatic heterocycles. The molecule has 1 aliphatic rings. The second-order valence-corrected chi connectivity index (χ2v) is 9.53. The molecule has 0 bridgehead atoms. The second-order valence-electron chi connectivity index (χ2n) is 8.18. The minimum Gasteiger partial charge on any atom is -0.484 e. The quantitative estimate of drug-likeness (QED) is 0.298. The Labute approximate surface area is 192 Å². The van der Waals surface area contributed by atoms with Crippen LogP contribution in [0.5, 0.6) is 5.75 Å². The number of aromatic nitrogens is 4. The smallest absolute Gasteiger partial charge is 0.192 e. The van der Waals surface area contributed by atoms with E-state index in [1.165, 1.54) is 11.8 Å². The van der Waals surface area contributed by atoms with Crippen LogP contribution in [-0.2, 0) is 6.61 Å². The highest BCUT2D eigenvalue weighted by Gasteiger charge is 2.30. The standard InChI is InChI=1S/C23H27ClN4O2S/c1-14(2)27-15(3)11-18(16(27)4)20(29)13-31-23-26-25-22(28(23)17-9-10-17)12-30-21-8-6-5-7-19(21)24/h5-8,11,14,17H,9-10,12-13H2,1-4H3. The Morgan fingerprint density at radius 3 is 2.65 bits per heavy atom. The fourth-order valence-corrected chi connectivity index (χ4v) is 5.07. The molecule has 0 aliphatic heterocycles. The van der Waals surface area contributed by atoms with Crippen molar-refractivity contribution in [3.05, 3.63) is 58.1 Å². The minimum absolute atomic E-state index is 0.115. The lowest BCUT2D eigenvalue weighted by molar-refractivity contribution is 0.102. The topological polar surface area (TPSA) is 61.9 Å². The van der Waals surface area contributed by atoms with Crippen molar-refractivity contribution in [1.82, 2.24) is 19.3 Å². The summed E-state index contributed by atoms with van der Waals surface area (Å²) < 4.78 is 10.2. The molecule has 1 fully saturated rings. The lowest BCUT2D eigenvalue weighted by atomic mass is 10.2. The number of ketones is 1. The van der Waals surface area contributed by atoms with Gasteiger partial charge in [-0.1, -0.05) is 35.5 Å². The van der Waals surface area contributed by atoms with Gasteiger partial charge in [-0.3, -0.25) is 9.36 Å². The van der Waals surface area contributed by atoms with Crippen molar-refractivity contribution >= 4 is 29.1 Å². The van der Waals surface area contributed by atoms with Gasteiger partial charge in [0.2, 0.25) is 0 Å². The molecule has 8 heteroatoms. The first-order valence-electron chi connectivity index (χ1n) is 10.5. The molecule has 0 N–H and O–H groups in total. The number of Topliss-reactive ketones (excluding diaryl/α,β-unsaturated/α-hetero) is 1. The summed E-state index contributed by atoms with van der Waals surface area (Å²) in [4.78, 5) is 12.9. The van der Waals surface area contributed by atoms with Gasteiger partial charge in [-0.2, -0.15) is 0 Å². The molecule has 6 nitrogen and oxygen atoms in total. The van der Waals surface area contributed by atoms with E-state index in [1.807, 2.05) is 38.1 Å². The molecule has 0 unspecified atom stereocenters. The van der Waals surface area contributed by atoms with Crippen LogP contribution in [0.25, 0.3) is 0 Å². The third-order valence-corrected chi connectivity index (χ3v) is 6.73. The molecule has 1 saturated carbocycles. The molecule has 164 valence electrons. The number of benzene rings is 1. The highest BCUT2D eigenvalue weighted by molar-refractivity contribution is 7.99. The van der Waals surface area contributed by atoms with Gasteiger partial charge >= 0.3 is 0 Å². The predicted molar refractivity (Wildman–Crippen MR) is 123 cm³/mol. The van der Waals surface area contributed by atoms with Crippen molar-refractivity contribution in [3.63, 3.8) is 0 Å². The molecule has 0 spiro atoms. The minimum atomic E-state index is 0.115. The van der Waals surface area contributed by atoms with E-state index >= 15 is 0 Å². The Bertz CT molecular complexity index is 1100. The Balaban J connectivity index is 1.46. The number of aryl methyl sites for hydroxylation is 1. The fourth-order valence-electron chi connectivity index (χ4n) is 3.97. The van der Waals surface area contributed by atoms with Crippen LogP contribution in [0, 0.1) is 13.8 Å². The van der Waals surface area contributed by atoms with Crippen LogP contribution in [0.3, 0.4) is 0 Å². The lowest BCUT2D eigenvalue weighted by Crippen LogP contribution is -2.10. The van der Waals surface area contributed by atoms with Gasteiger partial charge in [0.1, 0.15) is 12.4 Å². The number of halogens is 1. The maximum Gasteiger partial charge on any atom is 0.192 e. The normalized spacial score (nSPS) is 13.7. The molecular formula is C23H27ClN4O2S. The van der Waals surface area contributed by atoms with E-state index in [0.29, 0.717) is 28.6 Å². The van der Waals surface area contributed by atoms with Gasteiger partial charge in [-0.05, 0) is 58.7 Å². The van der Waals surface area contributed by atoms with Crippen LogP contribution < -0.4 is 4.74 Å². The summed E-state index contributed by atoms with van der Waals surface area (Å²) in [6.07, 6.45) is 2.18. The van der Waals surface area contributed by atoms with Crippen LogP contribution >= 0.6 is 23.4 Å². The van der Waals surface area contributed by atoms with E-state index in [2.05, 4.69) is 33.2 Å². The van der Waals surface area contributed by atoms with Crippen molar-refractivity contribution in [1.29, 1.82) is 0 Å². The first-order valence-corrected chi connectivity index (χ1v) is 11.9. The van der Waals surface area contributed by atoms with Crippen molar-refractivity contribution in [2.75, 3.05) is 5.75 Å². The fraction of sp³-hybridized carbons (Fsp3) is 0.435. The van der Waals surface area contributed by atoms with E-state index in [1.54, 1.807) is 6.07 Å². The highest BCUT2D eigenvalue weighted by atomic mass is 35.5. The number of ether oxygens (including phenoxy) is 1. The van der Waals surface area contributed by atoms with Crippen molar-refractivity contribution in [3.8, 4) is 5.75 Å². The van der Waals surface area contributed by atoms with Gasteiger partial charge in [0.25, 0.3) is 0 Å². The van der Waals surface area contributed by atoms with Gasteiger partial charge in [-0.25, -0.2) is 0 Å². The largest absolute Gasteiger partial charge is 0.484 e. The Morgan fingerprint density at radius 2 is 2.00 bits per heavy atom. The molecule has 0 radical (unpaired) electrons. The van der Waals surface area contributed by atoms with Crippen LogP contribution in [-0.4, -0.2) is 30.9 Å². The summed E-state index contributed by atoms with van der Waals surface area (Å²) in [6.45, 7) is 8.62. The Kier molecular flexibility index (Phi) is 6.44. The van der Waals surface area contributed by atoms with Crippen LogP contribution in [0.2, 0.25) is 5.02 Å². The average molecular weight is 459 g/mol. The van der Waals surface area contributed by atoms with Crippen LogP contribution in [0.1, 0.15) is 66.3 Å². The summed E-state index contributed by atoms with van der Waals surface area (Å²) in [6, 6.07) is 10.1. The van der Waals surface area contributed by atoms with Gasteiger partial charge in [-0.15, -0.1) is 10.2 Å². The molecule has 31 heavy (non-hydrogen) atoms. The summed E-state index contributed by atoms with van der Waals surface area (Å²) >= 11 is 7.63. The maximum absolute atomic E-state index is 12.9. The van der Waals surface area contributed by atoms with Gasteiger partial charge in [0.15, 0.2) is 16.8 Å². The van der Waals surface area contributed by atoms with Crippen molar-refractivity contribution < 1.29 is 9.53 Å². The zero-order chi connectivity index (χ0) is 22.1. The van der Waals surface area contributed by atoms with E-state index in [-0.39, 0.29) is 12.4 Å². The summed E-state index contributed by atoms with van der Waals surface area (Å²) in [5.41, 5.74) is 2.93. The third kappa shape index (κ3) is 4.67. The molecular weight excluding hydrogens is 432 g/mol. The third-order valence-electron chi connectivity index (χ3n) is 5.47. The SMILES string of the molecule is Cc1cc(C(=O)CSc2nnc(COc3ccccc3Cl)n2C2CC2)c(C)n1C(C)C.